The number of carboxylic acid groups (broad SMARTS) is 1. The zero-order valence-electron chi connectivity index (χ0n) is 12.1. The second-order valence-corrected chi connectivity index (χ2v) is 6.57. The van der Waals surface area contributed by atoms with E-state index >= 15 is 0 Å². The molecule has 0 aliphatic heterocycles. The number of carboxylic acids is 1. The van der Waals surface area contributed by atoms with Crippen molar-refractivity contribution < 1.29 is 9.90 Å². The van der Waals surface area contributed by atoms with E-state index in [1.54, 1.807) is 0 Å². The van der Waals surface area contributed by atoms with Gasteiger partial charge in [-0.3, -0.25) is 4.79 Å². The first-order valence-electron chi connectivity index (χ1n) is 7.72. The molecule has 0 saturated heterocycles. The van der Waals surface area contributed by atoms with Crippen LogP contribution in [0.1, 0.15) is 69.1 Å². The lowest BCUT2D eigenvalue weighted by molar-refractivity contribution is -0.140. The van der Waals surface area contributed by atoms with Gasteiger partial charge in [-0.05, 0) is 38.0 Å². The molecule has 0 atom stereocenters. The number of aromatic nitrogens is 3. The van der Waals surface area contributed by atoms with Gasteiger partial charge in [-0.1, -0.05) is 19.3 Å². The van der Waals surface area contributed by atoms with Gasteiger partial charge in [-0.2, -0.15) is 0 Å². The summed E-state index contributed by atoms with van der Waals surface area (Å²) in [5.74, 6) is 1.30. The number of rotatable bonds is 5. The van der Waals surface area contributed by atoms with Crippen molar-refractivity contribution in [1.82, 2.24) is 14.8 Å². The maximum absolute atomic E-state index is 11.3. The van der Waals surface area contributed by atoms with Gasteiger partial charge in [0, 0.05) is 12.5 Å². The van der Waals surface area contributed by atoms with E-state index in [2.05, 4.69) is 14.8 Å². The average molecular weight is 277 g/mol. The Hall–Kier alpha value is -1.39. The minimum atomic E-state index is -0.680. The minimum Gasteiger partial charge on any atom is -0.481 e. The van der Waals surface area contributed by atoms with E-state index < -0.39 is 5.97 Å². The molecule has 2 aliphatic rings. The largest absolute Gasteiger partial charge is 0.481 e. The minimum absolute atomic E-state index is 0.101. The highest BCUT2D eigenvalue weighted by atomic mass is 16.4. The molecule has 2 aliphatic carbocycles. The van der Waals surface area contributed by atoms with Crippen molar-refractivity contribution in [2.45, 2.75) is 70.8 Å². The van der Waals surface area contributed by atoms with Crippen LogP contribution in [0.25, 0.3) is 0 Å². The molecule has 1 heterocycles. The lowest BCUT2D eigenvalue weighted by atomic mass is 9.69. The molecule has 3 rings (SSSR count). The van der Waals surface area contributed by atoms with E-state index in [-0.39, 0.29) is 11.8 Å². The highest BCUT2D eigenvalue weighted by Gasteiger charge is 2.38. The normalized spacial score (nSPS) is 21.9. The Bertz CT molecular complexity index is 499. The molecule has 0 amide bonds. The summed E-state index contributed by atoms with van der Waals surface area (Å²) in [7, 11) is 0. The van der Waals surface area contributed by atoms with Crippen LogP contribution in [0.4, 0.5) is 0 Å². The Morgan fingerprint density at radius 2 is 2.00 bits per heavy atom. The van der Waals surface area contributed by atoms with E-state index in [9.17, 15) is 9.90 Å². The van der Waals surface area contributed by atoms with Crippen LogP contribution < -0.4 is 0 Å². The molecule has 2 saturated carbocycles. The quantitative estimate of drug-likeness (QED) is 0.898. The van der Waals surface area contributed by atoms with Crippen LogP contribution in [-0.2, 0) is 11.2 Å². The number of carbonyl (C=O) groups is 1. The first kappa shape index (κ1) is 13.6. The van der Waals surface area contributed by atoms with Crippen molar-refractivity contribution in [3.05, 3.63) is 11.6 Å². The van der Waals surface area contributed by atoms with E-state index in [0.717, 1.165) is 43.8 Å². The van der Waals surface area contributed by atoms with Crippen LogP contribution in [0.2, 0.25) is 0 Å². The molecular weight excluding hydrogens is 254 g/mol. The summed E-state index contributed by atoms with van der Waals surface area (Å²) in [6.45, 7) is 2.00. The fraction of sp³-hybridized carbons (Fsp3) is 0.800. The Kier molecular flexibility index (Phi) is 3.52. The molecule has 0 unspecified atom stereocenters. The third kappa shape index (κ3) is 2.72. The maximum Gasteiger partial charge on any atom is 0.303 e. The zero-order chi connectivity index (χ0) is 14.2. The van der Waals surface area contributed by atoms with Crippen LogP contribution in [0.5, 0.6) is 0 Å². The molecular formula is C15H23N3O2. The second kappa shape index (κ2) is 5.19. The van der Waals surface area contributed by atoms with Crippen molar-refractivity contribution in [3.63, 3.8) is 0 Å². The maximum atomic E-state index is 11.3. The van der Waals surface area contributed by atoms with Crippen molar-refractivity contribution in [3.8, 4) is 0 Å². The Morgan fingerprint density at radius 1 is 1.30 bits per heavy atom. The molecule has 1 N–H and O–H groups in total. The summed E-state index contributed by atoms with van der Waals surface area (Å²) in [5.41, 5.74) is -0.101. The van der Waals surface area contributed by atoms with E-state index in [4.69, 9.17) is 0 Å². The summed E-state index contributed by atoms with van der Waals surface area (Å²) in [6.07, 6.45) is 8.99. The van der Waals surface area contributed by atoms with Gasteiger partial charge in [0.15, 0.2) is 0 Å². The van der Waals surface area contributed by atoms with Gasteiger partial charge < -0.3 is 9.67 Å². The third-order valence-electron chi connectivity index (χ3n) is 4.82. The van der Waals surface area contributed by atoms with Gasteiger partial charge in [-0.15, -0.1) is 10.2 Å². The fourth-order valence-corrected chi connectivity index (χ4v) is 3.72. The standard InChI is InChI=1S/C15H23N3O2/c1-11-16-17-13(18(11)12-5-6-12)9-15(10-14(19)20)7-3-2-4-8-15/h12H,2-10H2,1H3,(H,19,20). The number of hydrogen-bond acceptors (Lipinski definition) is 3. The molecule has 0 aromatic carbocycles. The molecule has 5 nitrogen and oxygen atoms in total. The molecule has 5 heteroatoms. The molecule has 1 aromatic rings. The summed E-state index contributed by atoms with van der Waals surface area (Å²) >= 11 is 0. The third-order valence-corrected chi connectivity index (χ3v) is 4.82. The predicted molar refractivity (Wildman–Crippen MR) is 74.5 cm³/mol. The van der Waals surface area contributed by atoms with Gasteiger partial charge in [0.2, 0.25) is 0 Å². The molecule has 20 heavy (non-hydrogen) atoms. The van der Waals surface area contributed by atoms with Gasteiger partial charge in [-0.25, -0.2) is 0 Å². The van der Waals surface area contributed by atoms with E-state index in [1.807, 2.05) is 6.92 Å². The fourth-order valence-electron chi connectivity index (χ4n) is 3.72. The Balaban J connectivity index is 1.84. The van der Waals surface area contributed by atoms with Crippen molar-refractivity contribution >= 4 is 5.97 Å². The van der Waals surface area contributed by atoms with Crippen LogP contribution in [-0.4, -0.2) is 25.8 Å². The monoisotopic (exact) mass is 277 g/mol. The molecule has 0 spiro atoms. The van der Waals surface area contributed by atoms with Gasteiger partial charge in [0.05, 0.1) is 6.42 Å². The second-order valence-electron chi connectivity index (χ2n) is 6.57. The highest BCUT2D eigenvalue weighted by Crippen LogP contribution is 2.44. The average Bonchev–Trinajstić information content (AvgIpc) is 3.15. The highest BCUT2D eigenvalue weighted by molar-refractivity contribution is 5.67. The number of aryl methyl sites for hydroxylation is 1. The number of nitrogens with zero attached hydrogens (tertiary/aromatic N) is 3. The SMILES string of the molecule is Cc1nnc(CC2(CC(=O)O)CCCCC2)n1C1CC1. The Morgan fingerprint density at radius 3 is 2.60 bits per heavy atom. The van der Waals surface area contributed by atoms with E-state index in [1.165, 1.54) is 19.3 Å². The number of aliphatic carboxylic acids is 1. The lowest BCUT2D eigenvalue weighted by Crippen LogP contribution is -2.31. The van der Waals surface area contributed by atoms with Gasteiger partial charge >= 0.3 is 5.97 Å². The first-order chi connectivity index (χ1) is 9.60. The Labute approximate surface area is 119 Å². The van der Waals surface area contributed by atoms with Crippen LogP contribution in [0.3, 0.4) is 0 Å². The zero-order valence-corrected chi connectivity index (χ0v) is 12.1. The summed E-state index contributed by atoms with van der Waals surface area (Å²) in [4.78, 5) is 11.3. The predicted octanol–water partition coefficient (Wildman–Crippen LogP) is 2.89. The van der Waals surface area contributed by atoms with Crippen molar-refractivity contribution in [2.75, 3.05) is 0 Å². The molecule has 110 valence electrons. The van der Waals surface area contributed by atoms with Crippen molar-refractivity contribution in [1.29, 1.82) is 0 Å². The molecule has 0 bridgehead atoms. The van der Waals surface area contributed by atoms with Crippen molar-refractivity contribution in [2.24, 2.45) is 5.41 Å². The first-order valence-corrected chi connectivity index (χ1v) is 7.72. The summed E-state index contributed by atoms with van der Waals surface area (Å²) in [5, 5.41) is 17.8. The van der Waals surface area contributed by atoms with Crippen LogP contribution in [0.15, 0.2) is 0 Å². The lowest BCUT2D eigenvalue weighted by Gasteiger charge is -2.35. The number of hydrogen-bond donors (Lipinski definition) is 1. The smallest absolute Gasteiger partial charge is 0.303 e. The molecule has 2 fully saturated rings. The van der Waals surface area contributed by atoms with Crippen LogP contribution >= 0.6 is 0 Å². The van der Waals surface area contributed by atoms with Gasteiger partial charge in [0.25, 0.3) is 0 Å². The summed E-state index contributed by atoms with van der Waals surface area (Å²) < 4.78 is 2.25. The van der Waals surface area contributed by atoms with Gasteiger partial charge in [0.1, 0.15) is 11.6 Å². The van der Waals surface area contributed by atoms with E-state index in [0.29, 0.717) is 6.04 Å². The topological polar surface area (TPSA) is 68.0 Å². The van der Waals surface area contributed by atoms with Crippen LogP contribution in [0, 0.1) is 12.3 Å². The molecule has 1 aromatic heterocycles. The summed E-state index contributed by atoms with van der Waals surface area (Å²) in [6, 6.07) is 0.561. The molecule has 0 radical (unpaired) electrons.